The van der Waals surface area contributed by atoms with E-state index in [0.29, 0.717) is 24.7 Å². The summed E-state index contributed by atoms with van der Waals surface area (Å²) >= 11 is 3.23. The standard InChI is InChI=1S/C32H34O4S2/c33-29-21-27(15-17-31(29)37-23-25-11-5-3-6-12-25)35-19-9-1-2-10-20-36-28-16-18-32(30(34)22-28)38-24-26-13-7-4-8-14-26/h3-8,11-18,21-22,33-34H,1-2,9-10,19-20,23-24H2. The molecule has 0 aliphatic carbocycles. The lowest BCUT2D eigenvalue weighted by atomic mass is 10.2. The number of phenolic OH excluding ortho intramolecular Hbond substituents is 2. The Kier molecular flexibility index (Phi) is 11.2. The quantitative estimate of drug-likeness (QED) is 0.115. The minimum absolute atomic E-state index is 0.259. The molecule has 0 spiro atoms. The third-order valence-electron chi connectivity index (χ3n) is 5.91. The first-order valence-electron chi connectivity index (χ1n) is 12.9. The van der Waals surface area contributed by atoms with Gasteiger partial charge in [-0.25, -0.2) is 0 Å². The zero-order chi connectivity index (χ0) is 26.4. The van der Waals surface area contributed by atoms with Crippen LogP contribution in [-0.2, 0) is 11.5 Å². The maximum absolute atomic E-state index is 10.3. The molecular weight excluding hydrogens is 512 g/mol. The highest BCUT2D eigenvalue weighted by Crippen LogP contribution is 2.35. The predicted octanol–water partition coefficient (Wildman–Crippen LogP) is 8.70. The summed E-state index contributed by atoms with van der Waals surface area (Å²) < 4.78 is 11.6. The molecule has 38 heavy (non-hydrogen) atoms. The van der Waals surface area contributed by atoms with Gasteiger partial charge in [0.25, 0.3) is 0 Å². The highest BCUT2D eigenvalue weighted by molar-refractivity contribution is 7.98. The molecule has 0 saturated heterocycles. The third kappa shape index (κ3) is 9.26. The summed E-state index contributed by atoms with van der Waals surface area (Å²) in [6.45, 7) is 1.24. The summed E-state index contributed by atoms with van der Waals surface area (Å²) in [5.74, 6) is 3.54. The smallest absolute Gasteiger partial charge is 0.132 e. The van der Waals surface area contributed by atoms with Gasteiger partial charge in [-0.15, -0.1) is 23.5 Å². The molecular formula is C32H34O4S2. The number of hydrogen-bond acceptors (Lipinski definition) is 6. The predicted molar refractivity (Wildman–Crippen MR) is 158 cm³/mol. The lowest BCUT2D eigenvalue weighted by Gasteiger charge is -2.10. The lowest BCUT2D eigenvalue weighted by Crippen LogP contribution is -2.00. The van der Waals surface area contributed by atoms with E-state index in [1.165, 1.54) is 11.1 Å². The zero-order valence-corrected chi connectivity index (χ0v) is 23.1. The Hall–Kier alpha value is -3.22. The van der Waals surface area contributed by atoms with Crippen LogP contribution in [0.5, 0.6) is 23.0 Å². The molecule has 0 bridgehead atoms. The molecule has 0 fully saturated rings. The van der Waals surface area contributed by atoms with Gasteiger partial charge in [0, 0.05) is 33.4 Å². The number of unbranched alkanes of at least 4 members (excludes halogenated alkanes) is 3. The molecule has 4 aromatic rings. The topological polar surface area (TPSA) is 58.9 Å². The van der Waals surface area contributed by atoms with Gasteiger partial charge in [0.15, 0.2) is 0 Å². The molecule has 0 aliphatic rings. The van der Waals surface area contributed by atoms with Crippen molar-refractivity contribution in [2.24, 2.45) is 0 Å². The van der Waals surface area contributed by atoms with Crippen molar-refractivity contribution in [1.29, 1.82) is 0 Å². The molecule has 0 unspecified atom stereocenters. The van der Waals surface area contributed by atoms with Crippen molar-refractivity contribution < 1.29 is 19.7 Å². The molecule has 2 N–H and O–H groups in total. The molecule has 0 aromatic heterocycles. The van der Waals surface area contributed by atoms with Gasteiger partial charge < -0.3 is 19.7 Å². The van der Waals surface area contributed by atoms with E-state index < -0.39 is 0 Å². The van der Waals surface area contributed by atoms with E-state index in [2.05, 4.69) is 24.3 Å². The van der Waals surface area contributed by atoms with Crippen molar-refractivity contribution >= 4 is 23.5 Å². The maximum atomic E-state index is 10.3. The first-order chi connectivity index (χ1) is 18.7. The molecule has 198 valence electrons. The van der Waals surface area contributed by atoms with Gasteiger partial charge in [0.2, 0.25) is 0 Å². The fourth-order valence-corrected chi connectivity index (χ4v) is 5.60. The van der Waals surface area contributed by atoms with E-state index >= 15 is 0 Å². The number of hydrogen-bond donors (Lipinski definition) is 2. The van der Waals surface area contributed by atoms with Crippen LogP contribution in [-0.4, -0.2) is 23.4 Å². The van der Waals surface area contributed by atoms with Crippen LogP contribution in [0.2, 0.25) is 0 Å². The van der Waals surface area contributed by atoms with Crippen LogP contribution in [0.1, 0.15) is 36.8 Å². The zero-order valence-electron chi connectivity index (χ0n) is 21.4. The van der Waals surface area contributed by atoms with E-state index in [1.807, 2.05) is 60.7 Å². The Morgan fingerprint density at radius 3 is 1.32 bits per heavy atom. The Morgan fingerprint density at radius 1 is 0.500 bits per heavy atom. The lowest BCUT2D eigenvalue weighted by molar-refractivity contribution is 0.286. The molecule has 4 rings (SSSR count). The average Bonchev–Trinajstić information content (AvgIpc) is 2.94. The van der Waals surface area contributed by atoms with E-state index in [0.717, 1.165) is 47.0 Å². The Bertz CT molecular complexity index is 1150. The summed E-state index contributed by atoms with van der Waals surface area (Å²) in [5.41, 5.74) is 2.46. The van der Waals surface area contributed by atoms with Gasteiger partial charge in [-0.05, 0) is 61.1 Å². The van der Waals surface area contributed by atoms with Gasteiger partial charge in [0.05, 0.1) is 13.2 Å². The van der Waals surface area contributed by atoms with Crippen molar-refractivity contribution in [3.63, 3.8) is 0 Å². The van der Waals surface area contributed by atoms with Crippen LogP contribution >= 0.6 is 23.5 Å². The summed E-state index contributed by atoms with van der Waals surface area (Å²) in [5, 5.41) is 20.7. The first kappa shape index (κ1) is 27.8. The van der Waals surface area contributed by atoms with E-state index in [1.54, 1.807) is 35.7 Å². The highest BCUT2D eigenvalue weighted by atomic mass is 32.2. The van der Waals surface area contributed by atoms with Crippen LogP contribution in [0.25, 0.3) is 0 Å². The Morgan fingerprint density at radius 2 is 0.921 bits per heavy atom. The fourth-order valence-electron chi connectivity index (χ4n) is 3.83. The maximum Gasteiger partial charge on any atom is 0.132 e. The summed E-state index contributed by atoms with van der Waals surface area (Å²) in [6.07, 6.45) is 3.97. The number of ether oxygens (including phenoxy) is 2. The second-order valence-corrected chi connectivity index (χ2v) is 11.0. The van der Waals surface area contributed by atoms with Crippen molar-refractivity contribution in [1.82, 2.24) is 0 Å². The highest BCUT2D eigenvalue weighted by Gasteiger charge is 2.07. The van der Waals surface area contributed by atoms with Crippen molar-refractivity contribution in [3.8, 4) is 23.0 Å². The largest absolute Gasteiger partial charge is 0.507 e. The number of aromatic hydroxyl groups is 2. The summed E-state index contributed by atoms with van der Waals surface area (Å²) in [6, 6.07) is 31.5. The molecule has 0 atom stereocenters. The van der Waals surface area contributed by atoms with Crippen LogP contribution in [0.15, 0.2) is 107 Å². The molecule has 4 aromatic carbocycles. The minimum Gasteiger partial charge on any atom is -0.507 e. The molecule has 0 amide bonds. The monoisotopic (exact) mass is 546 g/mol. The van der Waals surface area contributed by atoms with Crippen LogP contribution in [0.4, 0.5) is 0 Å². The van der Waals surface area contributed by atoms with Crippen molar-refractivity contribution in [2.45, 2.75) is 47.0 Å². The third-order valence-corrected chi connectivity index (χ3v) is 8.18. The number of thioether (sulfide) groups is 2. The molecule has 0 saturated carbocycles. The molecule has 0 heterocycles. The number of rotatable bonds is 15. The molecule has 6 heteroatoms. The van der Waals surface area contributed by atoms with Gasteiger partial charge >= 0.3 is 0 Å². The van der Waals surface area contributed by atoms with Gasteiger partial charge in [-0.3, -0.25) is 0 Å². The van der Waals surface area contributed by atoms with E-state index in [9.17, 15) is 10.2 Å². The van der Waals surface area contributed by atoms with Crippen molar-refractivity contribution in [3.05, 3.63) is 108 Å². The minimum atomic E-state index is 0.259. The van der Waals surface area contributed by atoms with Gasteiger partial charge in [0.1, 0.15) is 23.0 Å². The normalized spacial score (nSPS) is 10.8. The first-order valence-corrected chi connectivity index (χ1v) is 14.9. The molecule has 4 nitrogen and oxygen atoms in total. The van der Waals surface area contributed by atoms with E-state index in [4.69, 9.17) is 9.47 Å². The SMILES string of the molecule is Oc1cc(OCCCCCCOc2ccc(SCc3ccccc3)c(O)c2)ccc1SCc1ccccc1. The Labute approximate surface area is 234 Å². The number of phenols is 2. The van der Waals surface area contributed by atoms with Gasteiger partial charge in [-0.2, -0.15) is 0 Å². The fraction of sp³-hybridized carbons (Fsp3) is 0.250. The molecule has 0 aliphatic heterocycles. The summed E-state index contributed by atoms with van der Waals surface area (Å²) in [7, 11) is 0. The van der Waals surface area contributed by atoms with Crippen LogP contribution in [0.3, 0.4) is 0 Å². The van der Waals surface area contributed by atoms with Crippen LogP contribution in [0, 0.1) is 0 Å². The number of benzene rings is 4. The second kappa shape index (κ2) is 15.3. The van der Waals surface area contributed by atoms with E-state index in [-0.39, 0.29) is 11.5 Å². The van der Waals surface area contributed by atoms with Crippen molar-refractivity contribution in [2.75, 3.05) is 13.2 Å². The van der Waals surface area contributed by atoms with Crippen LogP contribution < -0.4 is 9.47 Å². The van der Waals surface area contributed by atoms with Gasteiger partial charge in [-0.1, -0.05) is 60.7 Å². The second-order valence-electron chi connectivity index (χ2n) is 8.92. The average molecular weight is 547 g/mol. The summed E-state index contributed by atoms with van der Waals surface area (Å²) in [4.78, 5) is 1.71. The Balaban J connectivity index is 1.07. The molecule has 0 radical (unpaired) electrons.